The van der Waals surface area contributed by atoms with Gasteiger partial charge < -0.3 is 20.1 Å². The molecule has 0 aliphatic carbocycles. The number of methoxy groups -OCH3 is 1. The van der Waals surface area contributed by atoms with E-state index >= 15 is 0 Å². The summed E-state index contributed by atoms with van der Waals surface area (Å²) in [5.41, 5.74) is 1.64. The van der Waals surface area contributed by atoms with E-state index in [1.54, 1.807) is 42.5 Å². The molecule has 1 unspecified atom stereocenters. The highest BCUT2D eigenvalue weighted by Crippen LogP contribution is 2.31. The van der Waals surface area contributed by atoms with Gasteiger partial charge in [0.2, 0.25) is 15.9 Å². The number of hydrogen-bond acceptors (Lipinski definition) is 6. The Morgan fingerprint density at radius 3 is 2.64 bits per heavy atom. The van der Waals surface area contributed by atoms with Crippen LogP contribution >= 0.6 is 0 Å². The monoisotopic (exact) mass is 475 g/mol. The maximum Gasteiger partial charge on any atom is 0.253 e. The molecule has 2 aromatic rings. The van der Waals surface area contributed by atoms with E-state index in [1.807, 2.05) is 6.92 Å². The molecule has 0 bridgehead atoms. The maximum absolute atomic E-state index is 12.9. The van der Waals surface area contributed by atoms with Crippen molar-refractivity contribution in [1.29, 1.82) is 0 Å². The van der Waals surface area contributed by atoms with Crippen molar-refractivity contribution in [2.45, 2.75) is 25.9 Å². The highest BCUT2D eigenvalue weighted by Gasteiger charge is 2.25. The second kappa shape index (κ2) is 10.7. The molecule has 1 fully saturated rings. The van der Waals surface area contributed by atoms with Crippen molar-refractivity contribution in [3.8, 4) is 5.75 Å². The lowest BCUT2D eigenvalue weighted by atomic mass is 10.1. The van der Waals surface area contributed by atoms with Crippen molar-refractivity contribution in [2.24, 2.45) is 0 Å². The number of carbonyl (C=O) groups excluding carboxylic acids is 2. The number of rotatable bonds is 9. The normalized spacial score (nSPS) is 15.7. The molecule has 1 saturated heterocycles. The van der Waals surface area contributed by atoms with Crippen LogP contribution in [0.1, 0.15) is 28.8 Å². The number of aryl methyl sites for hydroxylation is 1. The number of ether oxygens (including phenoxy) is 2. The Bertz CT molecular complexity index is 1110. The SMILES string of the molecule is COc1ccc(C)cc1N(CC(=O)Nc1ccccc1C(=O)NCC1CCCO1)S(C)(=O)=O. The molecule has 0 spiro atoms. The van der Waals surface area contributed by atoms with Gasteiger partial charge in [-0.25, -0.2) is 8.42 Å². The molecule has 0 aromatic heterocycles. The van der Waals surface area contributed by atoms with Gasteiger partial charge in [0.15, 0.2) is 0 Å². The third-order valence-electron chi connectivity index (χ3n) is 5.25. The number of para-hydroxylation sites is 1. The molecule has 1 heterocycles. The van der Waals surface area contributed by atoms with Crippen molar-refractivity contribution in [2.75, 3.05) is 42.7 Å². The Hall–Kier alpha value is -3.11. The summed E-state index contributed by atoms with van der Waals surface area (Å²) < 4.78 is 36.8. The molecular formula is C23H29N3O6S. The fourth-order valence-electron chi connectivity index (χ4n) is 3.59. The summed E-state index contributed by atoms with van der Waals surface area (Å²) in [5, 5.41) is 5.49. The first kappa shape index (κ1) is 24.5. The third kappa shape index (κ3) is 6.45. The van der Waals surface area contributed by atoms with Crippen LogP contribution in [0.25, 0.3) is 0 Å². The summed E-state index contributed by atoms with van der Waals surface area (Å²) in [6, 6.07) is 11.6. The van der Waals surface area contributed by atoms with Gasteiger partial charge in [0.05, 0.1) is 36.4 Å². The molecule has 1 aliphatic heterocycles. The summed E-state index contributed by atoms with van der Waals surface area (Å²) in [5.74, 6) is -0.613. The minimum atomic E-state index is -3.80. The van der Waals surface area contributed by atoms with Crippen LogP contribution in [0.5, 0.6) is 5.75 Å². The summed E-state index contributed by atoms with van der Waals surface area (Å²) >= 11 is 0. The molecule has 0 saturated carbocycles. The van der Waals surface area contributed by atoms with E-state index in [2.05, 4.69) is 10.6 Å². The molecule has 9 nitrogen and oxygen atoms in total. The van der Waals surface area contributed by atoms with E-state index in [1.165, 1.54) is 7.11 Å². The van der Waals surface area contributed by atoms with Crippen molar-refractivity contribution in [3.63, 3.8) is 0 Å². The number of carbonyl (C=O) groups is 2. The number of nitrogens with zero attached hydrogens (tertiary/aromatic N) is 1. The van der Waals surface area contributed by atoms with Crippen LogP contribution < -0.4 is 19.7 Å². The van der Waals surface area contributed by atoms with Gasteiger partial charge >= 0.3 is 0 Å². The molecule has 10 heteroatoms. The van der Waals surface area contributed by atoms with E-state index in [0.29, 0.717) is 18.9 Å². The predicted molar refractivity (Wildman–Crippen MR) is 126 cm³/mol. The summed E-state index contributed by atoms with van der Waals surface area (Å²) in [7, 11) is -2.37. The molecule has 2 N–H and O–H groups in total. The van der Waals surface area contributed by atoms with Gasteiger partial charge in [-0.2, -0.15) is 0 Å². The van der Waals surface area contributed by atoms with Crippen LogP contribution in [0.2, 0.25) is 0 Å². The van der Waals surface area contributed by atoms with Crippen LogP contribution in [0, 0.1) is 6.92 Å². The average Bonchev–Trinajstić information content (AvgIpc) is 3.29. The highest BCUT2D eigenvalue weighted by atomic mass is 32.2. The molecule has 0 radical (unpaired) electrons. The lowest BCUT2D eigenvalue weighted by molar-refractivity contribution is -0.114. The number of benzene rings is 2. The number of anilines is 2. The standard InChI is InChI=1S/C23H29N3O6S/c1-16-10-11-21(31-2)20(13-16)26(33(3,29)30)15-22(27)25-19-9-5-4-8-18(19)23(28)24-14-17-7-6-12-32-17/h4-5,8-11,13,17H,6-7,12,14-15H2,1-3H3,(H,24,28)(H,25,27). The zero-order valence-corrected chi connectivity index (χ0v) is 19.8. The topological polar surface area (TPSA) is 114 Å². The molecule has 2 amide bonds. The lowest BCUT2D eigenvalue weighted by Gasteiger charge is -2.24. The van der Waals surface area contributed by atoms with E-state index in [0.717, 1.165) is 29.0 Å². The second-order valence-electron chi connectivity index (χ2n) is 7.88. The van der Waals surface area contributed by atoms with Crippen LogP contribution in [0.3, 0.4) is 0 Å². The quantitative estimate of drug-likeness (QED) is 0.575. The fourth-order valence-corrected chi connectivity index (χ4v) is 4.45. The first-order chi connectivity index (χ1) is 15.7. The Labute approximate surface area is 194 Å². The Balaban J connectivity index is 1.76. The van der Waals surface area contributed by atoms with Gasteiger partial charge in [-0.05, 0) is 49.6 Å². The van der Waals surface area contributed by atoms with Gasteiger partial charge in [0.25, 0.3) is 5.91 Å². The Morgan fingerprint density at radius 1 is 1.21 bits per heavy atom. The van der Waals surface area contributed by atoms with Crippen molar-refractivity contribution >= 4 is 33.2 Å². The summed E-state index contributed by atoms with van der Waals surface area (Å²) in [6.07, 6.45) is 2.87. The van der Waals surface area contributed by atoms with Gasteiger partial charge in [-0.15, -0.1) is 0 Å². The number of amides is 2. The van der Waals surface area contributed by atoms with Crippen LogP contribution in [-0.4, -0.2) is 59.4 Å². The van der Waals surface area contributed by atoms with Gasteiger partial charge in [-0.3, -0.25) is 13.9 Å². The third-order valence-corrected chi connectivity index (χ3v) is 6.38. The minimum Gasteiger partial charge on any atom is -0.495 e. The van der Waals surface area contributed by atoms with E-state index in [9.17, 15) is 18.0 Å². The number of nitrogens with one attached hydrogen (secondary N) is 2. The number of hydrogen-bond donors (Lipinski definition) is 2. The summed E-state index contributed by atoms with van der Waals surface area (Å²) in [4.78, 5) is 25.5. The highest BCUT2D eigenvalue weighted by molar-refractivity contribution is 7.92. The Morgan fingerprint density at radius 2 is 1.97 bits per heavy atom. The number of sulfonamides is 1. The molecule has 1 atom stereocenters. The largest absolute Gasteiger partial charge is 0.495 e. The van der Waals surface area contributed by atoms with Gasteiger partial charge in [0.1, 0.15) is 12.3 Å². The minimum absolute atomic E-state index is 0.0108. The van der Waals surface area contributed by atoms with Crippen LogP contribution in [0.4, 0.5) is 11.4 Å². The molecule has 3 rings (SSSR count). The zero-order valence-electron chi connectivity index (χ0n) is 19.0. The zero-order chi connectivity index (χ0) is 24.0. The maximum atomic E-state index is 12.9. The smallest absolute Gasteiger partial charge is 0.253 e. The molecule has 1 aliphatic rings. The Kier molecular flexibility index (Phi) is 7.93. The van der Waals surface area contributed by atoms with Crippen molar-refractivity contribution in [3.05, 3.63) is 53.6 Å². The van der Waals surface area contributed by atoms with E-state index in [4.69, 9.17) is 9.47 Å². The first-order valence-corrected chi connectivity index (χ1v) is 12.4. The van der Waals surface area contributed by atoms with Crippen molar-refractivity contribution in [1.82, 2.24) is 5.32 Å². The molecule has 178 valence electrons. The molecular weight excluding hydrogens is 446 g/mol. The first-order valence-electron chi connectivity index (χ1n) is 10.6. The second-order valence-corrected chi connectivity index (χ2v) is 9.79. The average molecular weight is 476 g/mol. The van der Waals surface area contributed by atoms with Gasteiger partial charge in [-0.1, -0.05) is 18.2 Å². The van der Waals surface area contributed by atoms with Crippen molar-refractivity contribution < 1.29 is 27.5 Å². The lowest BCUT2D eigenvalue weighted by Crippen LogP contribution is -2.38. The fraction of sp³-hybridized carbons (Fsp3) is 0.391. The molecule has 2 aromatic carbocycles. The predicted octanol–water partition coefficient (Wildman–Crippen LogP) is 2.32. The van der Waals surface area contributed by atoms with Crippen LogP contribution in [-0.2, 0) is 19.6 Å². The van der Waals surface area contributed by atoms with Crippen LogP contribution in [0.15, 0.2) is 42.5 Å². The van der Waals surface area contributed by atoms with E-state index in [-0.39, 0.29) is 28.9 Å². The summed E-state index contributed by atoms with van der Waals surface area (Å²) in [6.45, 7) is 2.41. The molecule has 33 heavy (non-hydrogen) atoms. The van der Waals surface area contributed by atoms with Gasteiger partial charge in [0, 0.05) is 13.2 Å². The van der Waals surface area contributed by atoms with E-state index < -0.39 is 22.5 Å².